The summed E-state index contributed by atoms with van der Waals surface area (Å²) in [5, 5.41) is 11.6. The number of hydrogen-bond donors (Lipinski definition) is 2. The molecule has 1 aliphatic rings. The van der Waals surface area contributed by atoms with Gasteiger partial charge in [0, 0.05) is 5.69 Å². The lowest BCUT2D eigenvalue weighted by molar-refractivity contribution is -0.136. The third-order valence-corrected chi connectivity index (χ3v) is 3.86. The van der Waals surface area contributed by atoms with E-state index in [1.165, 1.54) is 18.2 Å². The zero-order valence-electron chi connectivity index (χ0n) is 13.1. The van der Waals surface area contributed by atoms with Crippen LogP contribution in [0.1, 0.15) is 12.0 Å². The zero-order chi connectivity index (χ0) is 18.0. The van der Waals surface area contributed by atoms with Crippen LogP contribution in [-0.4, -0.2) is 28.9 Å². The number of imide groups is 1. The number of amides is 2. The molecular weight excluding hydrogens is 327 g/mol. The van der Waals surface area contributed by atoms with Gasteiger partial charge in [-0.3, -0.25) is 14.4 Å². The van der Waals surface area contributed by atoms with E-state index in [-0.39, 0.29) is 18.7 Å². The van der Waals surface area contributed by atoms with Crippen LogP contribution < -0.4 is 10.2 Å². The molecule has 2 N–H and O–H groups in total. The van der Waals surface area contributed by atoms with E-state index >= 15 is 0 Å². The number of carboxylic acid groups (broad SMARTS) is 1. The van der Waals surface area contributed by atoms with Crippen molar-refractivity contribution in [3.05, 3.63) is 59.9 Å². The maximum Gasteiger partial charge on any atom is 0.307 e. The van der Waals surface area contributed by atoms with Crippen molar-refractivity contribution in [3.8, 4) is 0 Å². The number of halogens is 1. The Morgan fingerprint density at radius 1 is 1.20 bits per heavy atom. The van der Waals surface area contributed by atoms with Crippen molar-refractivity contribution >= 4 is 29.2 Å². The van der Waals surface area contributed by atoms with Crippen molar-refractivity contribution < 1.29 is 23.9 Å². The lowest BCUT2D eigenvalue weighted by Crippen LogP contribution is -2.34. The molecule has 3 rings (SSSR count). The molecule has 6 nitrogen and oxygen atoms in total. The lowest BCUT2D eigenvalue weighted by atomic mass is 10.1. The van der Waals surface area contributed by atoms with Crippen molar-refractivity contribution in [2.75, 3.05) is 10.2 Å². The summed E-state index contributed by atoms with van der Waals surface area (Å²) in [5.74, 6) is -2.20. The van der Waals surface area contributed by atoms with Gasteiger partial charge in [-0.15, -0.1) is 0 Å². The average molecular weight is 342 g/mol. The molecule has 2 amide bonds. The van der Waals surface area contributed by atoms with Crippen LogP contribution in [0.4, 0.5) is 15.8 Å². The van der Waals surface area contributed by atoms with E-state index in [9.17, 15) is 18.8 Å². The maximum atomic E-state index is 13.2. The molecule has 128 valence electrons. The molecule has 1 unspecified atom stereocenters. The summed E-state index contributed by atoms with van der Waals surface area (Å²) in [4.78, 5) is 36.5. The molecule has 0 aliphatic carbocycles. The summed E-state index contributed by atoms with van der Waals surface area (Å²) in [7, 11) is 0. The Morgan fingerprint density at radius 2 is 1.92 bits per heavy atom. The van der Waals surface area contributed by atoms with Gasteiger partial charge in [0.05, 0.1) is 18.5 Å². The van der Waals surface area contributed by atoms with Crippen molar-refractivity contribution in [2.24, 2.45) is 0 Å². The summed E-state index contributed by atoms with van der Waals surface area (Å²) < 4.78 is 13.2. The largest absolute Gasteiger partial charge is 0.481 e. The van der Waals surface area contributed by atoms with Crippen molar-refractivity contribution in [1.29, 1.82) is 0 Å². The Balaban J connectivity index is 1.76. The molecule has 0 saturated carbocycles. The summed E-state index contributed by atoms with van der Waals surface area (Å²) in [5.41, 5.74) is 1.38. The van der Waals surface area contributed by atoms with Gasteiger partial charge in [0.1, 0.15) is 11.9 Å². The molecule has 1 saturated heterocycles. The molecule has 1 atom stereocenters. The van der Waals surface area contributed by atoms with E-state index in [0.717, 1.165) is 4.90 Å². The first-order valence-electron chi connectivity index (χ1n) is 7.63. The predicted molar refractivity (Wildman–Crippen MR) is 88.7 cm³/mol. The molecule has 1 fully saturated rings. The molecular formula is C18H15FN2O4. The topological polar surface area (TPSA) is 86.7 Å². The Morgan fingerprint density at radius 3 is 2.56 bits per heavy atom. The first kappa shape index (κ1) is 16.6. The highest BCUT2D eigenvalue weighted by molar-refractivity contribution is 6.23. The van der Waals surface area contributed by atoms with Crippen molar-refractivity contribution in [2.45, 2.75) is 18.9 Å². The van der Waals surface area contributed by atoms with Gasteiger partial charge in [0.2, 0.25) is 5.91 Å². The first-order valence-corrected chi connectivity index (χ1v) is 7.63. The number of aliphatic carboxylic acids is 1. The predicted octanol–water partition coefficient (Wildman–Crippen LogP) is 2.20. The highest BCUT2D eigenvalue weighted by atomic mass is 19.1. The standard InChI is InChI=1S/C18H15FN2O4/c19-12-2-1-3-13(9-12)20-15-10-16(22)21(18(15)25)14-6-4-11(5-7-14)8-17(23)24/h1-7,9,15,20H,8,10H2,(H,23,24). The second-order valence-corrected chi connectivity index (χ2v) is 5.72. The average Bonchev–Trinajstić information content (AvgIpc) is 2.82. The maximum absolute atomic E-state index is 13.2. The van der Waals surface area contributed by atoms with E-state index in [1.807, 2.05) is 0 Å². The molecule has 2 aromatic carbocycles. The Hall–Kier alpha value is -3.22. The number of carboxylic acids is 1. The van der Waals surface area contributed by atoms with Gasteiger partial charge < -0.3 is 10.4 Å². The monoisotopic (exact) mass is 342 g/mol. The smallest absolute Gasteiger partial charge is 0.307 e. The molecule has 0 bridgehead atoms. The highest BCUT2D eigenvalue weighted by Crippen LogP contribution is 2.25. The normalized spacial score (nSPS) is 17.0. The van der Waals surface area contributed by atoms with Crippen LogP contribution >= 0.6 is 0 Å². The number of nitrogens with zero attached hydrogens (tertiary/aromatic N) is 1. The fourth-order valence-electron chi connectivity index (χ4n) is 2.73. The van der Waals surface area contributed by atoms with Gasteiger partial charge in [0.25, 0.3) is 5.91 Å². The van der Waals surface area contributed by atoms with Gasteiger partial charge in [0.15, 0.2) is 0 Å². The quantitative estimate of drug-likeness (QED) is 0.814. The number of hydrogen-bond acceptors (Lipinski definition) is 4. The fraction of sp³-hybridized carbons (Fsp3) is 0.167. The molecule has 1 aliphatic heterocycles. The Kier molecular flexibility index (Phi) is 4.47. The number of rotatable bonds is 5. The summed E-state index contributed by atoms with van der Waals surface area (Å²) in [6, 6.07) is 11.1. The minimum Gasteiger partial charge on any atom is -0.481 e. The van der Waals surface area contributed by atoms with Crippen LogP contribution in [0.3, 0.4) is 0 Å². The van der Waals surface area contributed by atoms with Crippen LogP contribution in [-0.2, 0) is 20.8 Å². The van der Waals surface area contributed by atoms with Crippen LogP contribution in [0, 0.1) is 5.82 Å². The minimum absolute atomic E-state index is 0.0355. The van der Waals surface area contributed by atoms with Crippen LogP contribution in [0.2, 0.25) is 0 Å². The number of carbonyl (C=O) groups is 3. The van der Waals surface area contributed by atoms with Gasteiger partial charge in [-0.25, -0.2) is 9.29 Å². The Labute approximate surface area is 142 Å². The minimum atomic E-state index is -0.958. The van der Waals surface area contributed by atoms with Crippen LogP contribution in [0.15, 0.2) is 48.5 Å². The summed E-state index contributed by atoms with van der Waals surface area (Å²) in [6.07, 6.45) is -0.169. The van der Waals surface area contributed by atoms with E-state index in [1.54, 1.807) is 30.3 Å². The van der Waals surface area contributed by atoms with E-state index in [2.05, 4.69) is 5.32 Å². The van der Waals surface area contributed by atoms with E-state index < -0.39 is 23.7 Å². The van der Waals surface area contributed by atoms with Gasteiger partial charge in [-0.05, 0) is 35.9 Å². The number of nitrogens with one attached hydrogen (secondary N) is 1. The molecule has 0 aromatic heterocycles. The fourth-order valence-corrected chi connectivity index (χ4v) is 2.73. The summed E-state index contributed by atoms with van der Waals surface area (Å²) >= 11 is 0. The second-order valence-electron chi connectivity index (χ2n) is 5.72. The van der Waals surface area contributed by atoms with Gasteiger partial charge in [-0.2, -0.15) is 0 Å². The third-order valence-electron chi connectivity index (χ3n) is 3.86. The summed E-state index contributed by atoms with van der Waals surface area (Å²) in [6.45, 7) is 0. The molecule has 0 radical (unpaired) electrons. The zero-order valence-corrected chi connectivity index (χ0v) is 13.1. The van der Waals surface area contributed by atoms with Crippen molar-refractivity contribution in [1.82, 2.24) is 0 Å². The van der Waals surface area contributed by atoms with Gasteiger partial charge >= 0.3 is 5.97 Å². The molecule has 0 spiro atoms. The number of anilines is 2. The van der Waals surface area contributed by atoms with E-state index in [4.69, 9.17) is 5.11 Å². The van der Waals surface area contributed by atoms with E-state index in [0.29, 0.717) is 16.9 Å². The van der Waals surface area contributed by atoms with Crippen LogP contribution in [0.5, 0.6) is 0 Å². The molecule has 7 heteroatoms. The molecule has 2 aromatic rings. The molecule has 25 heavy (non-hydrogen) atoms. The van der Waals surface area contributed by atoms with Crippen LogP contribution in [0.25, 0.3) is 0 Å². The third kappa shape index (κ3) is 3.65. The first-order chi connectivity index (χ1) is 11.9. The number of carbonyl (C=O) groups excluding carboxylic acids is 2. The molecule has 1 heterocycles. The van der Waals surface area contributed by atoms with Gasteiger partial charge in [-0.1, -0.05) is 18.2 Å². The number of benzene rings is 2. The highest BCUT2D eigenvalue weighted by Gasteiger charge is 2.39. The second kappa shape index (κ2) is 6.72. The SMILES string of the molecule is O=C(O)Cc1ccc(N2C(=O)CC(Nc3cccc(F)c3)C2=O)cc1. The van der Waals surface area contributed by atoms with Crippen molar-refractivity contribution in [3.63, 3.8) is 0 Å². The lowest BCUT2D eigenvalue weighted by Gasteiger charge is -2.16. The Bertz CT molecular complexity index is 835.